The number of ether oxygens (including phenoxy) is 1. The fourth-order valence-corrected chi connectivity index (χ4v) is 1.59. The first-order valence-electron chi connectivity index (χ1n) is 4.76. The van der Waals surface area contributed by atoms with E-state index in [1.54, 1.807) is 0 Å². The van der Waals surface area contributed by atoms with E-state index in [1.165, 1.54) is 32.2 Å². The van der Waals surface area contributed by atoms with Crippen LogP contribution in [0, 0.1) is 5.92 Å². The first-order chi connectivity index (χ1) is 5.45. The highest BCUT2D eigenvalue weighted by molar-refractivity contribution is 4.81. The van der Waals surface area contributed by atoms with Crippen molar-refractivity contribution >= 4 is 0 Å². The molecule has 1 aliphatic carbocycles. The van der Waals surface area contributed by atoms with Crippen molar-refractivity contribution in [3.05, 3.63) is 0 Å². The zero-order valence-electron chi connectivity index (χ0n) is 7.01. The molecule has 0 spiro atoms. The van der Waals surface area contributed by atoms with Gasteiger partial charge in [0, 0.05) is 19.3 Å². The number of rotatable bonds is 4. The van der Waals surface area contributed by atoms with Crippen LogP contribution in [0.3, 0.4) is 0 Å². The largest absolute Gasteiger partial charge is 0.381 e. The molecule has 11 heavy (non-hydrogen) atoms. The molecular formula is C9H17NO. The maximum Gasteiger partial charge on any atom is 0.0495 e. The molecule has 2 rings (SSSR count). The van der Waals surface area contributed by atoms with Crippen LogP contribution in [0.1, 0.15) is 25.7 Å². The van der Waals surface area contributed by atoms with Gasteiger partial charge in [0.05, 0.1) is 0 Å². The molecule has 64 valence electrons. The summed E-state index contributed by atoms with van der Waals surface area (Å²) in [5.41, 5.74) is 0. The molecule has 1 unspecified atom stereocenters. The molecule has 1 aliphatic heterocycles. The third-order valence-corrected chi connectivity index (χ3v) is 2.59. The van der Waals surface area contributed by atoms with E-state index in [-0.39, 0.29) is 0 Å². The Balaban J connectivity index is 1.51. The highest BCUT2D eigenvalue weighted by atomic mass is 16.5. The molecule has 0 aromatic heterocycles. The van der Waals surface area contributed by atoms with Gasteiger partial charge in [-0.15, -0.1) is 0 Å². The second-order valence-electron chi connectivity index (χ2n) is 3.75. The predicted molar refractivity (Wildman–Crippen MR) is 44.6 cm³/mol. The summed E-state index contributed by atoms with van der Waals surface area (Å²) in [6, 6.07) is 0.873. The molecule has 1 atom stereocenters. The summed E-state index contributed by atoms with van der Waals surface area (Å²) in [4.78, 5) is 0. The van der Waals surface area contributed by atoms with Gasteiger partial charge < -0.3 is 10.1 Å². The standard InChI is InChI=1S/C9H17NO/c1-2-9(1)10-5-3-8-4-6-11-7-8/h8-10H,1-7H2. The van der Waals surface area contributed by atoms with Gasteiger partial charge in [0.25, 0.3) is 0 Å². The van der Waals surface area contributed by atoms with Gasteiger partial charge in [-0.05, 0) is 38.1 Å². The van der Waals surface area contributed by atoms with Crippen LogP contribution in [-0.4, -0.2) is 25.8 Å². The van der Waals surface area contributed by atoms with Gasteiger partial charge in [-0.3, -0.25) is 0 Å². The molecule has 1 heterocycles. The summed E-state index contributed by atoms with van der Waals surface area (Å²) in [6.07, 6.45) is 5.41. The fourth-order valence-electron chi connectivity index (χ4n) is 1.59. The summed E-state index contributed by atoms with van der Waals surface area (Å²) in [6.45, 7) is 3.21. The second-order valence-corrected chi connectivity index (χ2v) is 3.75. The molecule has 1 saturated carbocycles. The zero-order chi connectivity index (χ0) is 7.52. The lowest BCUT2D eigenvalue weighted by atomic mass is 10.1. The van der Waals surface area contributed by atoms with Crippen molar-refractivity contribution in [2.75, 3.05) is 19.8 Å². The van der Waals surface area contributed by atoms with E-state index >= 15 is 0 Å². The first-order valence-corrected chi connectivity index (χ1v) is 4.76. The van der Waals surface area contributed by atoms with Crippen molar-refractivity contribution in [2.24, 2.45) is 5.92 Å². The van der Waals surface area contributed by atoms with Crippen molar-refractivity contribution in [1.82, 2.24) is 5.32 Å². The van der Waals surface area contributed by atoms with E-state index in [1.807, 2.05) is 0 Å². The van der Waals surface area contributed by atoms with Crippen LogP contribution in [-0.2, 0) is 4.74 Å². The highest BCUT2D eigenvalue weighted by Gasteiger charge is 2.21. The summed E-state index contributed by atoms with van der Waals surface area (Å²) in [5, 5.41) is 3.53. The summed E-state index contributed by atoms with van der Waals surface area (Å²) in [7, 11) is 0. The Bertz CT molecular complexity index is 117. The maximum atomic E-state index is 5.30. The van der Waals surface area contributed by atoms with Crippen LogP contribution in [0.5, 0.6) is 0 Å². The van der Waals surface area contributed by atoms with E-state index in [2.05, 4.69) is 5.32 Å². The Kier molecular flexibility index (Phi) is 2.44. The van der Waals surface area contributed by atoms with Crippen LogP contribution in [0.2, 0.25) is 0 Å². The van der Waals surface area contributed by atoms with Gasteiger partial charge in [0.15, 0.2) is 0 Å². The van der Waals surface area contributed by atoms with E-state index in [0.29, 0.717) is 0 Å². The van der Waals surface area contributed by atoms with Gasteiger partial charge in [0.1, 0.15) is 0 Å². The molecule has 0 amide bonds. The smallest absolute Gasteiger partial charge is 0.0495 e. The van der Waals surface area contributed by atoms with Crippen molar-refractivity contribution < 1.29 is 4.74 Å². The van der Waals surface area contributed by atoms with Crippen LogP contribution in [0.15, 0.2) is 0 Å². The zero-order valence-corrected chi connectivity index (χ0v) is 7.01. The van der Waals surface area contributed by atoms with Crippen LogP contribution in [0.25, 0.3) is 0 Å². The van der Waals surface area contributed by atoms with Crippen LogP contribution < -0.4 is 5.32 Å². The molecule has 0 radical (unpaired) electrons. The van der Waals surface area contributed by atoms with Crippen LogP contribution in [0.4, 0.5) is 0 Å². The van der Waals surface area contributed by atoms with E-state index < -0.39 is 0 Å². The molecule has 0 bridgehead atoms. The van der Waals surface area contributed by atoms with Gasteiger partial charge in [-0.2, -0.15) is 0 Å². The average Bonchev–Trinajstić information content (AvgIpc) is 2.66. The Morgan fingerprint density at radius 3 is 2.82 bits per heavy atom. The van der Waals surface area contributed by atoms with Gasteiger partial charge >= 0.3 is 0 Å². The molecule has 2 fully saturated rings. The summed E-state index contributed by atoms with van der Waals surface area (Å²) < 4.78 is 5.30. The number of nitrogens with one attached hydrogen (secondary N) is 1. The van der Waals surface area contributed by atoms with E-state index in [9.17, 15) is 0 Å². The summed E-state index contributed by atoms with van der Waals surface area (Å²) in [5.74, 6) is 0.848. The monoisotopic (exact) mass is 155 g/mol. The minimum Gasteiger partial charge on any atom is -0.381 e. The van der Waals surface area contributed by atoms with Gasteiger partial charge in [-0.25, -0.2) is 0 Å². The third kappa shape index (κ3) is 2.46. The average molecular weight is 155 g/mol. The van der Waals surface area contributed by atoms with Gasteiger partial charge in [0.2, 0.25) is 0 Å². The molecular weight excluding hydrogens is 138 g/mol. The first kappa shape index (κ1) is 7.56. The predicted octanol–water partition coefficient (Wildman–Crippen LogP) is 1.17. The van der Waals surface area contributed by atoms with Crippen molar-refractivity contribution in [3.63, 3.8) is 0 Å². The Labute approximate surface area is 68.3 Å². The summed E-state index contributed by atoms with van der Waals surface area (Å²) >= 11 is 0. The molecule has 0 aromatic carbocycles. The second kappa shape index (κ2) is 3.55. The normalized spacial score (nSPS) is 31.1. The highest BCUT2D eigenvalue weighted by Crippen LogP contribution is 2.20. The third-order valence-electron chi connectivity index (χ3n) is 2.59. The maximum absolute atomic E-state index is 5.30. The minimum absolute atomic E-state index is 0.848. The quantitative estimate of drug-likeness (QED) is 0.658. The molecule has 2 heteroatoms. The SMILES string of the molecule is C(CC1CCOC1)NC1CC1. The van der Waals surface area contributed by atoms with Crippen molar-refractivity contribution in [2.45, 2.75) is 31.7 Å². The molecule has 2 nitrogen and oxygen atoms in total. The molecule has 1 N–H and O–H groups in total. The lowest BCUT2D eigenvalue weighted by molar-refractivity contribution is 0.184. The number of hydrogen-bond donors (Lipinski definition) is 1. The van der Waals surface area contributed by atoms with Crippen LogP contribution >= 0.6 is 0 Å². The van der Waals surface area contributed by atoms with Gasteiger partial charge in [-0.1, -0.05) is 0 Å². The fraction of sp³-hybridized carbons (Fsp3) is 1.00. The minimum atomic E-state index is 0.848. The lowest BCUT2D eigenvalue weighted by Crippen LogP contribution is -2.20. The molecule has 1 saturated heterocycles. The van der Waals surface area contributed by atoms with E-state index in [0.717, 1.165) is 25.2 Å². The number of hydrogen-bond acceptors (Lipinski definition) is 2. The molecule has 0 aromatic rings. The lowest BCUT2D eigenvalue weighted by Gasteiger charge is -2.06. The van der Waals surface area contributed by atoms with Crippen molar-refractivity contribution in [1.29, 1.82) is 0 Å². The molecule has 2 aliphatic rings. The Morgan fingerprint density at radius 1 is 1.27 bits per heavy atom. The Morgan fingerprint density at radius 2 is 2.18 bits per heavy atom. The Hall–Kier alpha value is -0.0800. The van der Waals surface area contributed by atoms with Crippen molar-refractivity contribution in [3.8, 4) is 0 Å². The topological polar surface area (TPSA) is 21.3 Å². The van der Waals surface area contributed by atoms with E-state index in [4.69, 9.17) is 4.74 Å².